The molecule has 0 heterocycles. The summed E-state index contributed by atoms with van der Waals surface area (Å²) >= 11 is 0. The number of carbonyl (C=O) groups is 1. The molecule has 0 bridgehead atoms. The van der Waals surface area contributed by atoms with Gasteiger partial charge in [-0.1, -0.05) is 23.8 Å². The molecule has 0 spiro atoms. The van der Waals surface area contributed by atoms with Gasteiger partial charge < -0.3 is 0 Å². The van der Waals surface area contributed by atoms with Gasteiger partial charge in [-0.25, -0.2) is 0 Å². The summed E-state index contributed by atoms with van der Waals surface area (Å²) in [5.74, 6) is -0.00699. The first kappa shape index (κ1) is 13.5. The average Bonchev–Trinajstić information content (AvgIpc) is 2.35. The van der Waals surface area contributed by atoms with Crippen molar-refractivity contribution in [1.29, 1.82) is 0 Å². The van der Waals surface area contributed by atoms with Crippen LogP contribution in [0.25, 0.3) is 6.08 Å². The van der Waals surface area contributed by atoms with E-state index in [4.69, 9.17) is 0 Å². The molecular formula is C15H17NO3. The number of ketones is 1. The summed E-state index contributed by atoms with van der Waals surface area (Å²) in [6.45, 7) is 5.36. The van der Waals surface area contributed by atoms with Gasteiger partial charge in [0.15, 0.2) is 5.78 Å². The minimum atomic E-state index is -0.784. The standard InChI is InChI=1S/C15H17NO3/c1-10-4-5-12-9-11(2)14(17)15(3,13(12)8-10)6-7-16(18)19/h4-5,8-9H,6-7H2,1-3H3/t15-/m1/s1. The van der Waals surface area contributed by atoms with Crippen molar-refractivity contribution in [2.75, 3.05) is 6.54 Å². The number of fused-ring (bicyclic) bond motifs is 1. The van der Waals surface area contributed by atoms with E-state index >= 15 is 0 Å². The first-order chi connectivity index (χ1) is 8.84. The molecule has 1 aromatic carbocycles. The van der Waals surface area contributed by atoms with Crippen molar-refractivity contribution in [2.24, 2.45) is 0 Å². The fraction of sp³-hybridized carbons (Fsp3) is 0.400. The second-order valence-corrected chi connectivity index (χ2v) is 5.39. The highest BCUT2D eigenvalue weighted by molar-refractivity contribution is 6.09. The Balaban J connectivity index is 2.54. The number of allylic oxidation sites excluding steroid dienone is 1. The number of aryl methyl sites for hydroxylation is 1. The van der Waals surface area contributed by atoms with Crippen molar-refractivity contribution in [1.82, 2.24) is 0 Å². The molecule has 1 atom stereocenters. The Morgan fingerprint density at radius 3 is 2.63 bits per heavy atom. The van der Waals surface area contributed by atoms with Crippen molar-refractivity contribution < 1.29 is 9.72 Å². The van der Waals surface area contributed by atoms with Gasteiger partial charge in [0.2, 0.25) is 6.54 Å². The Kier molecular flexibility index (Phi) is 3.27. The van der Waals surface area contributed by atoms with E-state index in [1.807, 2.05) is 38.1 Å². The zero-order chi connectivity index (χ0) is 14.2. The molecule has 1 aliphatic carbocycles. The molecule has 19 heavy (non-hydrogen) atoms. The summed E-state index contributed by atoms with van der Waals surface area (Å²) in [4.78, 5) is 22.7. The average molecular weight is 259 g/mol. The van der Waals surface area contributed by atoms with Crippen molar-refractivity contribution in [3.63, 3.8) is 0 Å². The molecule has 0 aliphatic heterocycles. The molecule has 1 aromatic rings. The second-order valence-electron chi connectivity index (χ2n) is 5.39. The molecule has 0 saturated heterocycles. The number of hydrogen-bond acceptors (Lipinski definition) is 3. The summed E-state index contributed by atoms with van der Waals surface area (Å²) in [5, 5.41) is 10.6. The highest BCUT2D eigenvalue weighted by Gasteiger charge is 2.40. The van der Waals surface area contributed by atoms with Crippen LogP contribution in [0.3, 0.4) is 0 Å². The Labute approximate surface area is 112 Å². The normalized spacial score (nSPS) is 21.8. The van der Waals surface area contributed by atoms with Gasteiger partial charge in [0, 0.05) is 11.3 Å². The molecule has 0 unspecified atom stereocenters. The molecule has 100 valence electrons. The molecular weight excluding hydrogens is 242 g/mol. The van der Waals surface area contributed by atoms with Gasteiger partial charge in [-0.3, -0.25) is 14.9 Å². The molecule has 4 heteroatoms. The lowest BCUT2D eigenvalue weighted by molar-refractivity contribution is -0.481. The number of rotatable bonds is 3. The van der Waals surface area contributed by atoms with Gasteiger partial charge in [-0.15, -0.1) is 0 Å². The number of nitro groups is 1. The van der Waals surface area contributed by atoms with Crippen LogP contribution < -0.4 is 0 Å². The third-order valence-corrected chi connectivity index (χ3v) is 3.83. The lowest BCUT2D eigenvalue weighted by Crippen LogP contribution is -2.38. The van der Waals surface area contributed by atoms with E-state index in [0.717, 1.165) is 16.7 Å². The Bertz CT molecular complexity index is 589. The maximum absolute atomic E-state index is 12.4. The van der Waals surface area contributed by atoms with E-state index in [1.165, 1.54) is 0 Å². The number of carbonyl (C=O) groups excluding carboxylic acids is 1. The Hall–Kier alpha value is -1.97. The van der Waals surface area contributed by atoms with Gasteiger partial charge in [0.1, 0.15) is 0 Å². The lowest BCUT2D eigenvalue weighted by atomic mass is 9.68. The molecule has 0 N–H and O–H groups in total. The fourth-order valence-corrected chi connectivity index (χ4v) is 2.69. The van der Waals surface area contributed by atoms with Crippen LogP contribution in [0.5, 0.6) is 0 Å². The highest BCUT2D eigenvalue weighted by Crippen LogP contribution is 2.39. The van der Waals surface area contributed by atoms with Crippen LogP contribution in [0.2, 0.25) is 0 Å². The zero-order valence-corrected chi connectivity index (χ0v) is 11.4. The van der Waals surface area contributed by atoms with Gasteiger partial charge in [0.25, 0.3) is 0 Å². The van der Waals surface area contributed by atoms with E-state index in [9.17, 15) is 14.9 Å². The molecule has 1 aliphatic rings. The number of Topliss-reactive ketones (excluding diaryl/α,β-unsaturated/α-hetero) is 1. The van der Waals surface area contributed by atoms with Crippen molar-refractivity contribution in [3.05, 3.63) is 50.6 Å². The SMILES string of the molecule is CC1=Cc2ccc(C)cc2[C@@](C)(CC[N+](=O)[O-])C1=O. The van der Waals surface area contributed by atoms with Crippen molar-refractivity contribution in [2.45, 2.75) is 32.6 Å². The van der Waals surface area contributed by atoms with E-state index < -0.39 is 5.41 Å². The first-order valence-electron chi connectivity index (χ1n) is 6.30. The van der Waals surface area contributed by atoms with E-state index in [2.05, 4.69) is 0 Å². The Morgan fingerprint density at radius 2 is 2.00 bits per heavy atom. The van der Waals surface area contributed by atoms with E-state index in [0.29, 0.717) is 5.57 Å². The summed E-state index contributed by atoms with van der Waals surface area (Å²) in [6.07, 6.45) is 2.10. The van der Waals surface area contributed by atoms with Crippen LogP contribution in [0.1, 0.15) is 37.0 Å². The topological polar surface area (TPSA) is 60.2 Å². The minimum Gasteiger partial charge on any atom is -0.294 e. The molecule has 4 nitrogen and oxygen atoms in total. The number of nitrogens with zero attached hydrogens (tertiary/aromatic N) is 1. The summed E-state index contributed by atoms with van der Waals surface area (Å²) in [7, 11) is 0. The van der Waals surface area contributed by atoms with Crippen molar-refractivity contribution >= 4 is 11.9 Å². The van der Waals surface area contributed by atoms with Crippen LogP contribution >= 0.6 is 0 Å². The predicted octanol–water partition coefficient (Wildman–Crippen LogP) is 2.91. The van der Waals surface area contributed by atoms with Gasteiger partial charge in [0.05, 0.1) is 5.41 Å². The van der Waals surface area contributed by atoms with Gasteiger partial charge in [-0.2, -0.15) is 0 Å². The molecule has 0 saturated carbocycles. The number of benzene rings is 1. The van der Waals surface area contributed by atoms with E-state index in [1.54, 1.807) is 6.92 Å². The number of hydrogen-bond donors (Lipinski definition) is 0. The Morgan fingerprint density at radius 1 is 1.32 bits per heavy atom. The highest BCUT2D eigenvalue weighted by atomic mass is 16.6. The maximum atomic E-state index is 12.4. The third-order valence-electron chi connectivity index (χ3n) is 3.83. The van der Waals surface area contributed by atoms with Crippen LogP contribution in [0, 0.1) is 17.0 Å². The molecule has 0 fully saturated rings. The summed E-state index contributed by atoms with van der Waals surface area (Å²) in [6, 6.07) is 5.94. The van der Waals surface area contributed by atoms with Crippen LogP contribution in [0.4, 0.5) is 0 Å². The van der Waals surface area contributed by atoms with E-state index in [-0.39, 0.29) is 23.7 Å². The lowest BCUT2D eigenvalue weighted by Gasteiger charge is -2.33. The summed E-state index contributed by atoms with van der Waals surface area (Å²) < 4.78 is 0. The summed E-state index contributed by atoms with van der Waals surface area (Å²) in [5.41, 5.74) is 2.85. The van der Waals surface area contributed by atoms with Gasteiger partial charge in [-0.05, 0) is 43.5 Å². The predicted molar refractivity (Wildman–Crippen MR) is 73.7 cm³/mol. The molecule has 2 rings (SSSR count). The second kappa shape index (κ2) is 4.61. The third kappa shape index (κ3) is 2.30. The molecule has 0 radical (unpaired) electrons. The fourth-order valence-electron chi connectivity index (χ4n) is 2.69. The van der Waals surface area contributed by atoms with Crippen molar-refractivity contribution in [3.8, 4) is 0 Å². The zero-order valence-electron chi connectivity index (χ0n) is 11.4. The van der Waals surface area contributed by atoms with Crippen LogP contribution in [-0.4, -0.2) is 17.3 Å². The smallest absolute Gasteiger partial charge is 0.205 e. The molecule has 0 amide bonds. The minimum absolute atomic E-state index is 0.00699. The largest absolute Gasteiger partial charge is 0.294 e. The maximum Gasteiger partial charge on any atom is 0.205 e. The van der Waals surface area contributed by atoms with Gasteiger partial charge >= 0.3 is 0 Å². The quantitative estimate of drug-likeness (QED) is 0.619. The van der Waals surface area contributed by atoms with Crippen LogP contribution in [-0.2, 0) is 10.2 Å². The first-order valence-corrected chi connectivity index (χ1v) is 6.30. The molecule has 0 aromatic heterocycles. The van der Waals surface area contributed by atoms with Crippen LogP contribution in [0.15, 0.2) is 23.8 Å². The monoisotopic (exact) mass is 259 g/mol.